The summed E-state index contributed by atoms with van der Waals surface area (Å²) < 4.78 is 5.11. The maximum atomic E-state index is 12.6. The molecule has 1 saturated heterocycles. The molecule has 2 fully saturated rings. The van der Waals surface area contributed by atoms with Crippen LogP contribution in [0.2, 0.25) is 0 Å². The highest BCUT2D eigenvalue weighted by Crippen LogP contribution is 2.44. The highest BCUT2D eigenvalue weighted by molar-refractivity contribution is 9.12. The van der Waals surface area contributed by atoms with Crippen LogP contribution in [-0.4, -0.2) is 28.6 Å². The molecule has 6 heteroatoms. The molecule has 1 saturated carbocycles. The molecule has 1 aliphatic heterocycles. The third kappa shape index (κ3) is 2.52. The number of halogens is 2. The Labute approximate surface area is 140 Å². The molecule has 21 heavy (non-hydrogen) atoms. The lowest BCUT2D eigenvalue weighted by Crippen LogP contribution is -2.34. The SMILES string of the molecule is COc1ccc(N2C(=O)[C@H]3C[C@@H](Br)[C@H](Br)C[C@H]3C2=O)cc1. The summed E-state index contributed by atoms with van der Waals surface area (Å²) in [7, 11) is 1.59. The van der Waals surface area contributed by atoms with E-state index in [0.717, 1.165) is 0 Å². The van der Waals surface area contributed by atoms with E-state index in [0.29, 0.717) is 24.3 Å². The molecule has 0 bridgehead atoms. The van der Waals surface area contributed by atoms with Crippen LogP contribution in [0.15, 0.2) is 24.3 Å². The smallest absolute Gasteiger partial charge is 0.237 e. The van der Waals surface area contributed by atoms with Gasteiger partial charge in [-0.3, -0.25) is 14.5 Å². The molecule has 0 aromatic heterocycles. The Kier molecular flexibility index (Phi) is 4.10. The standard InChI is InChI=1S/C15H15Br2NO3/c1-21-9-4-2-8(3-5-9)18-14(19)10-6-12(16)13(17)7-11(10)15(18)20/h2-5,10-13H,6-7H2,1H3/t10-,11+,12-,13-/m1/s1. The second-order valence-corrected chi connectivity index (χ2v) is 7.78. The molecule has 0 radical (unpaired) electrons. The van der Waals surface area contributed by atoms with Crippen LogP contribution >= 0.6 is 31.9 Å². The van der Waals surface area contributed by atoms with Crippen molar-refractivity contribution in [2.45, 2.75) is 22.5 Å². The lowest BCUT2D eigenvalue weighted by molar-refractivity contribution is -0.122. The molecule has 1 aromatic carbocycles. The topological polar surface area (TPSA) is 46.6 Å². The lowest BCUT2D eigenvalue weighted by atomic mass is 9.81. The van der Waals surface area contributed by atoms with E-state index in [-0.39, 0.29) is 33.3 Å². The maximum absolute atomic E-state index is 12.6. The Hall–Kier alpha value is -0.880. The van der Waals surface area contributed by atoms with Crippen molar-refractivity contribution in [1.82, 2.24) is 0 Å². The first-order valence-corrected chi connectivity index (χ1v) is 8.66. The molecule has 0 N–H and O–H groups in total. The second kappa shape index (κ2) is 5.72. The number of fused-ring (bicyclic) bond motifs is 1. The van der Waals surface area contributed by atoms with Crippen LogP contribution in [-0.2, 0) is 9.59 Å². The van der Waals surface area contributed by atoms with Crippen molar-refractivity contribution >= 4 is 49.4 Å². The van der Waals surface area contributed by atoms with Crippen LogP contribution in [0.1, 0.15) is 12.8 Å². The van der Waals surface area contributed by atoms with Gasteiger partial charge in [0.25, 0.3) is 0 Å². The van der Waals surface area contributed by atoms with E-state index in [9.17, 15) is 9.59 Å². The predicted octanol–water partition coefficient (Wildman–Crippen LogP) is 3.12. The molecule has 4 atom stereocenters. The average Bonchev–Trinajstić information content (AvgIpc) is 2.72. The van der Waals surface area contributed by atoms with Gasteiger partial charge in [-0.15, -0.1) is 0 Å². The Morgan fingerprint density at radius 1 is 1.00 bits per heavy atom. The summed E-state index contributed by atoms with van der Waals surface area (Å²) in [5, 5.41) is 0. The number of amides is 2. The molecule has 0 spiro atoms. The molecular formula is C15H15Br2NO3. The van der Waals surface area contributed by atoms with Crippen LogP contribution < -0.4 is 9.64 Å². The van der Waals surface area contributed by atoms with Crippen molar-refractivity contribution < 1.29 is 14.3 Å². The number of nitrogens with zero attached hydrogens (tertiary/aromatic N) is 1. The normalized spacial score (nSPS) is 32.2. The van der Waals surface area contributed by atoms with E-state index in [4.69, 9.17) is 4.74 Å². The van der Waals surface area contributed by atoms with Gasteiger partial charge in [0, 0.05) is 9.65 Å². The number of benzene rings is 1. The van der Waals surface area contributed by atoms with E-state index in [1.165, 1.54) is 4.90 Å². The summed E-state index contributed by atoms with van der Waals surface area (Å²) in [5.41, 5.74) is 0.623. The first-order chi connectivity index (χ1) is 10.0. The second-order valence-electron chi connectivity index (χ2n) is 5.43. The predicted molar refractivity (Wildman–Crippen MR) is 87.1 cm³/mol. The van der Waals surface area contributed by atoms with Crippen molar-refractivity contribution in [3.63, 3.8) is 0 Å². The average molecular weight is 417 g/mol. The number of hydrogen-bond acceptors (Lipinski definition) is 3. The fourth-order valence-corrected chi connectivity index (χ4v) is 4.32. The van der Waals surface area contributed by atoms with Crippen LogP contribution in [0, 0.1) is 11.8 Å². The van der Waals surface area contributed by atoms with Gasteiger partial charge in [0.1, 0.15) is 5.75 Å². The number of carbonyl (C=O) groups excluding carboxylic acids is 2. The number of imide groups is 1. The Morgan fingerprint density at radius 2 is 1.48 bits per heavy atom. The summed E-state index contributed by atoms with van der Waals surface area (Å²) in [5.74, 6) is 0.116. The largest absolute Gasteiger partial charge is 0.497 e. The number of rotatable bonds is 2. The Morgan fingerprint density at radius 3 is 1.90 bits per heavy atom. The van der Waals surface area contributed by atoms with Gasteiger partial charge < -0.3 is 4.74 Å². The van der Waals surface area contributed by atoms with E-state index < -0.39 is 0 Å². The number of hydrogen-bond donors (Lipinski definition) is 0. The lowest BCUT2D eigenvalue weighted by Gasteiger charge is -2.29. The van der Waals surface area contributed by atoms with Gasteiger partial charge in [-0.25, -0.2) is 0 Å². The maximum Gasteiger partial charge on any atom is 0.237 e. The molecule has 4 nitrogen and oxygen atoms in total. The van der Waals surface area contributed by atoms with Crippen molar-refractivity contribution in [3.8, 4) is 5.75 Å². The van der Waals surface area contributed by atoms with Gasteiger partial charge in [-0.1, -0.05) is 31.9 Å². The van der Waals surface area contributed by atoms with E-state index in [1.807, 2.05) is 0 Å². The first-order valence-electron chi connectivity index (χ1n) is 6.83. The molecule has 0 unspecified atom stereocenters. The third-order valence-corrected chi connectivity index (χ3v) is 6.98. The van der Waals surface area contributed by atoms with Gasteiger partial charge in [0.05, 0.1) is 24.6 Å². The fraction of sp³-hybridized carbons (Fsp3) is 0.467. The Balaban J connectivity index is 1.89. The highest BCUT2D eigenvalue weighted by atomic mass is 79.9. The molecule has 2 amide bonds. The van der Waals surface area contributed by atoms with Crippen molar-refractivity contribution in [2.24, 2.45) is 11.8 Å². The van der Waals surface area contributed by atoms with Crippen molar-refractivity contribution in [2.75, 3.05) is 12.0 Å². The number of alkyl halides is 2. The summed E-state index contributed by atoms with van der Waals surface area (Å²) in [6.45, 7) is 0. The van der Waals surface area contributed by atoms with Gasteiger partial charge in [0.15, 0.2) is 0 Å². The van der Waals surface area contributed by atoms with Crippen molar-refractivity contribution in [3.05, 3.63) is 24.3 Å². The summed E-state index contributed by atoms with van der Waals surface area (Å²) in [6.07, 6.45) is 1.38. The minimum absolute atomic E-state index is 0.0842. The summed E-state index contributed by atoms with van der Waals surface area (Å²) >= 11 is 7.17. The minimum Gasteiger partial charge on any atom is -0.497 e. The fourth-order valence-electron chi connectivity index (χ4n) is 3.08. The van der Waals surface area contributed by atoms with Crippen molar-refractivity contribution in [1.29, 1.82) is 0 Å². The summed E-state index contributed by atoms with van der Waals surface area (Å²) in [6, 6.07) is 7.03. The van der Waals surface area contributed by atoms with Crippen LogP contribution in [0.5, 0.6) is 5.75 Å². The number of ether oxygens (including phenoxy) is 1. The summed E-state index contributed by atoms with van der Waals surface area (Å²) in [4.78, 5) is 27.0. The molecule has 3 rings (SSSR count). The van der Waals surface area contributed by atoms with Crippen LogP contribution in [0.4, 0.5) is 5.69 Å². The molecular weight excluding hydrogens is 402 g/mol. The Bertz CT molecular complexity index is 547. The highest BCUT2D eigenvalue weighted by Gasteiger charge is 2.52. The van der Waals surface area contributed by atoms with Crippen LogP contribution in [0.25, 0.3) is 0 Å². The zero-order chi connectivity index (χ0) is 15.1. The zero-order valence-electron chi connectivity index (χ0n) is 11.5. The first kappa shape index (κ1) is 15.0. The molecule has 112 valence electrons. The van der Waals surface area contributed by atoms with Gasteiger partial charge in [-0.05, 0) is 37.1 Å². The molecule has 2 aliphatic rings. The van der Waals surface area contributed by atoms with Gasteiger partial charge >= 0.3 is 0 Å². The molecule has 1 aliphatic carbocycles. The quantitative estimate of drug-likeness (QED) is 0.549. The van der Waals surface area contributed by atoms with Crippen LogP contribution in [0.3, 0.4) is 0 Å². The number of anilines is 1. The van der Waals surface area contributed by atoms with Gasteiger partial charge in [0.2, 0.25) is 11.8 Å². The monoisotopic (exact) mass is 415 g/mol. The number of methoxy groups -OCH3 is 1. The third-order valence-electron chi connectivity index (χ3n) is 4.24. The molecule has 1 heterocycles. The van der Waals surface area contributed by atoms with E-state index >= 15 is 0 Å². The van der Waals surface area contributed by atoms with Gasteiger partial charge in [-0.2, -0.15) is 0 Å². The zero-order valence-corrected chi connectivity index (χ0v) is 14.6. The number of carbonyl (C=O) groups is 2. The molecule has 1 aromatic rings. The van der Waals surface area contributed by atoms with E-state index in [1.54, 1.807) is 31.4 Å². The van der Waals surface area contributed by atoms with E-state index in [2.05, 4.69) is 31.9 Å². The minimum atomic E-state index is -0.210.